The molecule has 0 N–H and O–H groups in total. The van der Waals surface area contributed by atoms with E-state index in [9.17, 15) is 0 Å². The Morgan fingerprint density at radius 1 is 0.765 bits per heavy atom. The fraction of sp³-hybridized carbons (Fsp3) is 0.250. The molecule has 0 bridgehead atoms. The smallest absolute Gasteiger partial charge is 0.0652 e. The average molecular weight is 243 g/mol. The molecule has 0 fully saturated rings. The molecule has 2 aromatic carbocycles. The van der Waals surface area contributed by atoms with Gasteiger partial charge in [-0.1, -0.05) is 49.7 Å². The van der Waals surface area contributed by atoms with Crippen LogP contribution in [0.3, 0.4) is 0 Å². The first-order chi connectivity index (χ1) is 8.42. The lowest BCUT2D eigenvalue weighted by Gasteiger charge is -2.09. The zero-order chi connectivity index (χ0) is 11.9. The molecule has 0 heterocycles. The summed E-state index contributed by atoms with van der Waals surface area (Å²) in [5, 5.41) is 3.08. The first-order valence-electron chi connectivity index (χ1n) is 6.38. The maximum absolute atomic E-state index is 2.29. The van der Waals surface area contributed by atoms with E-state index in [2.05, 4.69) is 67.6 Å². The highest BCUT2D eigenvalue weighted by Crippen LogP contribution is 2.34. The van der Waals surface area contributed by atoms with E-state index < -0.39 is 7.92 Å². The summed E-state index contributed by atoms with van der Waals surface area (Å²) in [6.07, 6.45) is 3.96. The summed E-state index contributed by atoms with van der Waals surface area (Å²) in [6, 6.07) is 22.0. The Balaban J connectivity index is 2.26. The molecule has 0 saturated heterocycles. The molecule has 0 spiro atoms. The predicted molar refractivity (Wildman–Crippen MR) is 80.2 cm³/mol. The second-order valence-electron chi connectivity index (χ2n) is 4.31. The zero-order valence-electron chi connectivity index (χ0n) is 10.4. The highest BCUT2D eigenvalue weighted by atomic mass is 31.1. The van der Waals surface area contributed by atoms with E-state index >= 15 is 0 Å². The highest BCUT2D eigenvalue weighted by molar-refractivity contribution is 7.73. The number of hydrogen-bond acceptors (Lipinski definition) is 0. The van der Waals surface area contributed by atoms with Crippen LogP contribution in [-0.2, 0) is 0 Å². The van der Waals surface area contributed by atoms with Gasteiger partial charge in [0, 0.05) is 0 Å². The lowest BCUT2D eigenvalue weighted by atomic mass is 10.4. The van der Waals surface area contributed by atoms with Crippen LogP contribution < -0.4 is 10.6 Å². The van der Waals surface area contributed by atoms with Gasteiger partial charge in [0.25, 0.3) is 0 Å². The van der Waals surface area contributed by atoms with Gasteiger partial charge in [-0.3, -0.25) is 0 Å². The molecule has 0 atom stereocenters. The summed E-state index contributed by atoms with van der Waals surface area (Å²) in [6.45, 7) is 2.27. The molecule has 2 rings (SSSR count). The second-order valence-corrected chi connectivity index (χ2v) is 6.93. The summed E-state index contributed by atoms with van der Waals surface area (Å²) >= 11 is 0. The van der Waals surface area contributed by atoms with Crippen LogP contribution in [0.1, 0.15) is 19.8 Å². The van der Waals surface area contributed by atoms with Crippen LogP contribution in [0.4, 0.5) is 0 Å². The van der Waals surface area contributed by atoms with Gasteiger partial charge in [0.2, 0.25) is 0 Å². The summed E-state index contributed by atoms with van der Waals surface area (Å²) in [5.41, 5.74) is 0. The fourth-order valence-electron chi connectivity index (χ4n) is 2.09. The van der Waals surface area contributed by atoms with E-state index in [0.717, 1.165) is 0 Å². The monoisotopic (exact) mass is 243 g/mol. The number of benzene rings is 2. The first kappa shape index (κ1) is 12.3. The van der Waals surface area contributed by atoms with Crippen LogP contribution in [-0.4, -0.2) is 6.16 Å². The molecule has 2 aromatic rings. The Labute approximate surface area is 105 Å². The zero-order valence-corrected chi connectivity index (χ0v) is 11.4. The van der Waals surface area contributed by atoms with Crippen LogP contribution >= 0.6 is 7.92 Å². The first-order valence-corrected chi connectivity index (χ1v) is 8.09. The van der Waals surface area contributed by atoms with E-state index in [0.29, 0.717) is 0 Å². The van der Waals surface area contributed by atoms with Gasteiger partial charge in [-0.05, 0) is 30.7 Å². The third kappa shape index (κ3) is 3.41. The van der Waals surface area contributed by atoms with Crippen LogP contribution in [0.5, 0.6) is 0 Å². The van der Waals surface area contributed by atoms with Gasteiger partial charge in [0.1, 0.15) is 0 Å². The van der Waals surface area contributed by atoms with E-state index in [-0.39, 0.29) is 0 Å². The van der Waals surface area contributed by atoms with Crippen molar-refractivity contribution in [1.29, 1.82) is 0 Å². The highest BCUT2D eigenvalue weighted by Gasteiger charge is 2.20. The van der Waals surface area contributed by atoms with Crippen molar-refractivity contribution in [3.8, 4) is 0 Å². The second kappa shape index (κ2) is 6.57. The molecular formula is C16H20P+. The SMILES string of the molecule is CCCC[PH+](c1ccccc1)c1ccccc1. The standard InChI is InChI=1S/C16H19P/c1-2-3-14-17(15-10-6-4-7-11-15)16-12-8-5-9-13-16/h4-13H,2-3,14H2,1H3/p+1. The molecule has 0 unspecified atom stereocenters. The normalized spacial score (nSPS) is 10.7. The lowest BCUT2D eigenvalue weighted by Crippen LogP contribution is -2.13. The average Bonchev–Trinajstić information content (AvgIpc) is 2.42. The summed E-state index contributed by atoms with van der Waals surface area (Å²) in [5.74, 6) is 0. The van der Waals surface area contributed by atoms with E-state index in [1.54, 1.807) is 0 Å². The van der Waals surface area contributed by atoms with Crippen molar-refractivity contribution in [1.82, 2.24) is 0 Å². The molecule has 0 radical (unpaired) electrons. The van der Waals surface area contributed by atoms with E-state index in [1.165, 1.54) is 29.6 Å². The van der Waals surface area contributed by atoms with Crippen molar-refractivity contribution in [3.05, 3.63) is 60.7 Å². The minimum Gasteiger partial charge on any atom is -0.0652 e. The van der Waals surface area contributed by atoms with Gasteiger partial charge >= 0.3 is 0 Å². The van der Waals surface area contributed by atoms with Crippen molar-refractivity contribution in [2.75, 3.05) is 6.16 Å². The summed E-state index contributed by atoms with van der Waals surface area (Å²) in [4.78, 5) is 0. The molecule has 0 aliphatic carbocycles. The van der Waals surface area contributed by atoms with Gasteiger partial charge in [-0.2, -0.15) is 0 Å². The molecule has 1 heteroatoms. The largest absolute Gasteiger partial charge is 0.0966 e. The topological polar surface area (TPSA) is 0 Å². The Morgan fingerprint density at radius 3 is 1.65 bits per heavy atom. The summed E-state index contributed by atoms with van der Waals surface area (Å²) < 4.78 is 0. The fourth-order valence-corrected chi connectivity index (χ4v) is 4.89. The van der Waals surface area contributed by atoms with Crippen molar-refractivity contribution in [2.24, 2.45) is 0 Å². The van der Waals surface area contributed by atoms with Gasteiger partial charge in [0.05, 0.1) is 24.7 Å². The number of unbranched alkanes of at least 4 members (excludes halogenated alkanes) is 1. The molecule has 0 aliphatic heterocycles. The van der Waals surface area contributed by atoms with Crippen LogP contribution in [0, 0.1) is 0 Å². The maximum Gasteiger partial charge on any atom is 0.0966 e. The van der Waals surface area contributed by atoms with Crippen LogP contribution in [0.2, 0.25) is 0 Å². The molecule has 88 valence electrons. The molecule has 0 nitrogen and oxygen atoms in total. The Kier molecular flexibility index (Phi) is 4.76. The van der Waals surface area contributed by atoms with E-state index in [1.807, 2.05) is 0 Å². The molecule has 0 amide bonds. The van der Waals surface area contributed by atoms with Gasteiger partial charge < -0.3 is 0 Å². The van der Waals surface area contributed by atoms with Gasteiger partial charge in [0.15, 0.2) is 0 Å². The van der Waals surface area contributed by atoms with Gasteiger partial charge in [-0.25, -0.2) is 0 Å². The van der Waals surface area contributed by atoms with Gasteiger partial charge in [-0.15, -0.1) is 0 Å². The molecule has 17 heavy (non-hydrogen) atoms. The molecule has 0 saturated carbocycles. The Bertz CT molecular complexity index is 382. The summed E-state index contributed by atoms with van der Waals surface area (Å²) in [7, 11) is -0.562. The molecule has 0 aliphatic rings. The van der Waals surface area contributed by atoms with Crippen molar-refractivity contribution >= 4 is 18.5 Å². The van der Waals surface area contributed by atoms with Crippen molar-refractivity contribution < 1.29 is 0 Å². The van der Waals surface area contributed by atoms with Crippen molar-refractivity contribution in [2.45, 2.75) is 19.8 Å². The number of rotatable bonds is 5. The van der Waals surface area contributed by atoms with Crippen LogP contribution in [0.25, 0.3) is 0 Å². The Hall–Kier alpha value is -1.13. The third-order valence-electron chi connectivity index (χ3n) is 3.02. The minimum absolute atomic E-state index is 0.562. The molecule has 0 aromatic heterocycles. The Morgan fingerprint density at radius 2 is 1.24 bits per heavy atom. The minimum atomic E-state index is -0.562. The maximum atomic E-state index is 2.29. The molecular weight excluding hydrogens is 223 g/mol. The van der Waals surface area contributed by atoms with Crippen molar-refractivity contribution in [3.63, 3.8) is 0 Å². The predicted octanol–water partition coefficient (Wildman–Crippen LogP) is 3.65. The number of hydrogen-bond donors (Lipinski definition) is 0. The third-order valence-corrected chi connectivity index (χ3v) is 5.94. The quantitative estimate of drug-likeness (QED) is 0.703. The van der Waals surface area contributed by atoms with E-state index in [4.69, 9.17) is 0 Å². The van der Waals surface area contributed by atoms with Crippen LogP contribution in [0.15, 0.2) is 60.7 Å². The lowest BCUT2D eigenvalue weighted by molar-refractivity contribution is 0.894.